The second kappa shape index (κ2) is 5.37. The van der Waals surface area contributed by atoms with Gasteiger partial charge in [-0.05, 0) is 32.0 Å². The quantitative estimate of drug-likeness (QED) is 0.743. The fourth-order valence-electron chi connectivity index (χ4n) is 1.74. The monoisotopic (exact) mass is 264 g/mol. The number of nitrogens with zero attached hydrogens (tertiary/aromatic N) is 1. The highest BCUT2D eigenvalue weighted by Gasteiger charge is 2.11. The van der Waals surface area contributed by atoms with Crippen molar-refractivity contribution in [2.24, 2.45) is 0 Å². The molecule has 1 unspecified atom stereocenters. The summed E-state index contributed by atoms with van der Waals surface area (Å²) in [5.41, 5.74) is 0.691. The van der Waals surface area contributed by atoms with Crippen molar-refractivity contribution in [1.82, 2.24) is 10.3 Å². The Labute approximate surface area is 110 Å². The average Bonchev–Trinajstić information content (AvgIpc) is 2.75. The third-order valence-electron chi connectivity index (χ3n) is 2.73. The van der Waals surface area contributed by atoms with Crippen LogP contribution in [0.2, 0.25) is 0 Å². The van der Waals surface area contributed by atoms with Gasteiger partial charge in [-0.2, -0.15) is 0 Å². The third kappa shape index (κ3) is 3.00. The van der Waals surface area contributed by atoms with Crippen LogP contribution in [0.15, 0.2) is 24.4 Å². The van der Waals surface area contributed by atoms with Gasteiger partial charge in [-0.25, -0.2) is 4.98 Å². The smallest absolute Gasteiger partial charge is 0.120 e. The standard InChI is InChI=1S/C13H16N2O2S/c1-8(12-5-10(16)3-4-13(12)17)14-6-11-7-15-9(2)18-11/h3-5,7-8,14,16-17H,6H2,1-2H3. The van der Waals surface area contributed by atoms with Gasteiger partial charge < -0.3 is 15.5 Å². The maximum absolute atomic E-state index is 9.75. The minimum Gasteiger partial charge on any atom is -0.508 e. The molecule has 1 atom stereocenters. The first-order chi connectivity index (χ1) is 8.56. The number of phenols is 2. The van der Waals surface area contributed by atoms with E-state index >= 15 is 0 Å². The van der Waals surface area contributed by atoms with Crippen LogP contribution in [-0.2, 0) is 6.54 Å². The number of nitrogens with one attached hydrogen (secondary N) is 1. The minimum absolute atomic E-state index is 0.0421. The number of hydrogen-bond acceptors (Lipinski definition) is 5. The van der Waals surface area contributed by atoms with Crippen LogP contribution < -0.4 is 5.32 Å². The number of aryl methyl sites for hydroxylation is 1. The summed E-state index contributed by atoms with van der Waals surface area (Å²) in [7, 11) is 0. The van der Waals surface area contributed by atoms with Crippen LogP contribution in [0.4, 0.5) is 0 Å². The molecule has 4 nitrogen and oxygen atoms in total. The number of thiazole rings is 1. The summed E-state index contributed by atoms with van der Waals surface area (Å²) in [4.78, 5) is 5.34. The number of phenolic OH excluding ortho intramolecular Hbond substituents is 2. The van der Waals surface area contributed by atoms with E-state index in [1.54, 1.807) is 17.4 Å². The van der Waals surface area contributed by atoms with Crippen molar-refractivity contribution in [2.75, 3.05) is 0 Å². The summed E-state index contributed by atoms with van der Waals surface area (Å²) in [6.45, 7) is 4.61. The lowest BCUT2D eigenvalue weighted by Crippen LogP contribution is -2.17. The molecule has 0 aliphatic carbocycles. The molecule has 2 rings (SSSR count). The lowest BCUT2D eigenvalue weighted by molar-refractivity contribution is 0.441. The zero-order chi connectivity index (χ0) is 13.1. The number of aromatic nitrogens is 1. The summed E-state index contributed by atoms with van der Waals surface area (Å²) in [5.74, 6) is 0.346. The van der Waals surface area contributed by atoms with Crippen molar-refractivity contribution in [3.63, 3.8) is 0 Å². The van der Waals surface area contributed by atoms with Crippen LogP contribution >= 0.6 is 11.3 Å². The number of aromatic hydroxyl groups is 2. The van der Waals surface area contributed by atoms with Gasteiger partial charge in [0.1, 0.15) is 11.5 Å². The fraction of sp³-hybridized carbons (Fsp3) is 0.308. The molecule has 0 bridgehead atoms. The summed E-state index contributed by atoms with van der Waals surface area (Å²) in [6, 6.07) is 4.50. The van der Waals surface area contributed by atoms with Crippen LogP contribution in [-0.4, -0.2) is 15.2 Å². The Balaban J connectivity index is 2.03. The minimum atomic E-state index is -0.0421. The largest absolute Gasteiger partial charge is 0.508 e. The van der Waals surface area contributed by atoms with E-state index in [9.17, 15) is 10.2 Å². The van der Waals surface area contributed by atoms with E-state index in [0.717, 1.165) is 9.88 Å². The predicted molar refractivity (Wildman–Crippen MR) is 71.9 cm³/mol. The van der Waals surface area contributed by atoms with Gasteiger partial charge in [-0.15, -0.1) is 11.3 Å². The van der Waals surface area contributed by atoms with E-state index in [0.29, 0.717) is 12.1 Å². The number of hydrogen-bond donors (Lipinski definition) is 3. The van der Waals surface area contributed by atoms with E-state index in [1.165, 1.54) is 12.1 Å². The third-order valence-corrected chi connectivity index (χ3v) is 3.64. The molecular formula is C13H16N2O2S. The molecule has 1 aromatic carbocycles. The van der Waals surface area contributed by atoms with E-state index in [4.69, 9.17) is 0 Å². The molecule has 0 amide bonds. The molecule has 0 fully saturated rings. The molecule has 0 radical (unpaired) electrons. The van der Waals surface area contributed by atoms with Crippen molar-refractivity contribution in [2.45, 2.75) is 26.4 Å². The lowest BCUT2D eigenvalue weighted by atomic mass is 10.1. The van der Waals surface area contributed by atoms with Gasteiger partial charge in [-0.3, -0.25) is 0 Å². The van der Waals surface area contributed by atoms with Crippen LogP contribution in [0.3, 0.4) is 0 Å². The second-order valence-corrected chi connectivity index (χ2v) is 5.51. The van der Waals surface area contributed by atoms with Gasteiger partial charge in [0.25, 0.3) is 0 Å². The zero-order valence-electron chi connectivity index (χ0n) is 10.3. The highest BCUT2D eigenvalue weighted by Crippen LogP contribution is 2.28. The SMILES string of the molecule is Cc1ncc(CNC(C)c2cc(O)ccc2O)s1. The lowest BCUT2D eigenvalue weighted by Gasteiger charge is -2.15. The number of benzene rings is 1. The van der Waals surface area contributed by atoms with Crippen LogP contribution in [0.25, 0.3) is 0 Å². The Morgan fingerprint density at radius 2 is 2.17 bits per heavy atom. The summed E-state index contributed by atoms with van der Waals surface area (Å²) >= 11 is 1.65. The van der Waals surface area contributed by atoms with Crippen molar-refractivity contribution in [3.05, 3.63) is 39.8 Å². The first kappa shape index (κ1) is 12.9. The van der Waals surface area contributed by atoms with Crippen molar-refractivity contribution in [1.29, 1.82) is 0 Å². The Bertz CT molecular complexity index is 540. The molecule has 5 heteroatoms. The first-order valence-corrected chi connectivity index (χ1v) is 6.54. The molecule has 2 aromatic rings. The fourth-order valence-corrected chi connectivity index (χ4v) is 2.49. The molecule has 0 saturated heterocycles. The Morgan fingerprint density at radius 1 is 1.39 bits per heavy atom. The highest BCUT2D eigenvalue weighted by molar-refractivity contribution is 7.11. The molecule has 1 aromatic heterocycles. The molecule has 0 aliphatic rings. The molecule has 18 heavy (non-hydrogen) atoms. The van der Waals surface area contributed by atoms with E-state index in [-0.39, 0.29) is 17.5 Å². The van der Waals surface area contributed by atoms with Crippen molar-refractivity contribution >= 4 is 11.3 Å². The molecule has 0 aliphatic heterocycles. The Morgan fingerprint density at radius 3 is 2.83 bits per heavy atom. The molecule has 96 valence electrons. The van der Waals surface area contributed by atoms with Gasteiger partial charge in [0, 0.05) is 29.2 Å². The Hall–Kier alpha value is -1.59. The van der Waals surface area contributed by atoms with Gasteiger partial charge in [0.15, 0.2) is 0 Å². The zero-order valence-corrected chi connectivity index (χ0v) is 11.2. The normalized spacial score (nSPS) is 12.6. The van der Waals surface area contributed by atoms with E-state index < -0.39 is 0 Å². The van der Waals surface area contributed by atoms with Gasteiger partial charge in [0.2, 0.25) is 0 Å². The van der Waals surface area contributed by atoms with Crippen LogP contribution in [0.5, 0.6) is 11.5 Å². The van der Waals surface area contributed by atoms with E-state index in [1.807, 2.05) is 20.0 Å². The van der Waals surface area contributed by atoms with Crippen molar-refractivity contribution in [3.8, 4) is 11.5 Å². The van der Waals surface area contributed by atoms with Crippen LogP contribution in [0.1, 0.15) is 28.4 Å². The summed E-state index contributed by atoms with van der Waals surface area (Å²) in [6.07, 6.45) is 1.85. The average molecular weight is 264 g/mol. The summed E-state index contributed by atoms with van der Waals surface area (Å²) in [5, 5.41) is 23.5. The Kier molecular flexibility index (Phi) is 3.84. The van der Waals surface area contributed by atoms with Crippen molar-refractivity contribution < 1.29 is 10.2 Å². The van der Waals surface area contributed by atoms with Crippen LogP contribution in [0, 0.1) is 6.92 Å². The maximum Gasteiger partial charge on any atom is 0.120 e. The predicted octanol–water partition coefficient (Wildman–Crippen LogP) is 2.71. The molecule has 0 saturated carbocycles. The molecule has 3 N–H and O–H groups in total. The molecule has 1 heterocycles. The maximum atomic E-state index is 9.75. The van der Waals surface area contributed by atoms with E-state index in [2.05, 4.69) is 10.3 Å². The van der Waals surface area contributed by atoms with Gasteiger partial charge in [-0.1, -0.05) is 0 Å². The second-order valence-electron chi connectivity index (χ2n) is 4.19. The van der Waals surface area contributed by atoms with Gasteiger partial charge >= 0.3 is 0 Å². The highest BCUT2D eigenvalue weighted by atomic mass is 32.1. The summed E-state index contributed by atoms with van der Waals surface area (Å²) < 4.78 is 0. The number of rotatable bonds is 4. The first-order valence-electron chi connectivity index (χ1n) is 5.73. The molecular weight excluding hydrogens is 248 g/mol. The van der Waals surface area contributed by atoms with Gasteiger partial charge in [0.05, 0.1) is 5.01 Å². The molecule has 0 spiro atoms. The topological polar surface area (TPSA) is 65.4 Å².